The quantitative estimate of drug-likeness (QED) is 0.133. The van der Waals surface area contributed by atoms with E-state index in [1.54, 1.807) is 74.9 Å². The van der Waals surface area contributed by atoms with Gasteiger partial charge in [0, 0.05) is 32.7 Å². The molecule has 4 rings (SSSR count). The van der Waals surface area contributed by atoms with Gasteiger partial charge in [0.25, 0.3) is 0 Å². The third-order valence-corrected chi connectivity index (χ3v) is 7.06. The molecule has 0 saturated heterocycles. The minimum Gasteiger partial charge on any atom is -0.504 e. The molecule has 8 nitrogen and oxygen atoms in total. The van der Waals surface area contributed by atoms with Crippen LogP contribution in [-0.2, 0) is 4.79 Å². The lowest BCUT2D eigenvalue weighted by atomic mass is 10.1. The second kappa shape index (κ2) is 16.9. The normalized spacial score (nSPS) is 10.6. The first-order valence-electron chi connectivity index (χ1n) is 13.3. The van der Waals surface area contributed by atoms with Crippen molar-refractivity contribution >= 4 is 67.2 Å². The van der Waals surface area contributed by atoms with Gasteiger partial charge in [0.05, 0.1) is 19.8 Å². The van der Waals surface area contributed by atoms with Crippen molar-refractivity contribution in [1.82, 2.24) is 0 Å². The standard InChI is InChI=1S/C18H16BrNO3.C17H13BrO4/c1-12(21)20-16-7-3-13(4-8-16)17(22)9-5-14-11-15(19)6-10-18(14)23-2;1-22-13-6-2-11(3-7-13)4-8-15(19)14-10-12(18)5-9-16(20)17(14)21/h3-11H,1-2H3,(H,20,21);2-10H,1H3,(H,20,21)/b9-5+;8-4+. The van der Waals surface area contributed by atoms with E-state index >= 15 is 0 Å². The maximum absolute atomic E-state index is 12.2. The molecular weight excluding hydrogens is 706 g/mol. The summed E-state index contributed by atoms with van der Waals surface area (Å²) in [5.74, 6) is 0.124. The maximum atomic E-state index is 12.2. The van der Waals surface area contributed by atoms with Crippen molar-refractivity contribution in [3.63, 3.8) is 0 Å². The monoisotopic (exact) mass is 733 g/mol. The number of benzene rings is 3. The molecule has 45 heavy (non-hydrogen) atoms. The number of halogens is 2. The molecule has 0 heterocycles. The van der Waals surface area contributed by atoms with Crippen LogP contribution in [0.25, 0.3) is 12.2 Å². The fourth-order valence-electron chi connectivity index (χ4n) is 3.80. The minimum absolute atomic E-state index is 0.0494. The fraction of sp³-hybridized carbons (Fsp3) is 0.0857. The molecule has 0 unspecified atom stereocenters. The van der Waals surface area contributed by atoms with E-state index in [0.29, 0.717) is 21.5 Å². The van der Waals surface area contributed by atoms with E-state index in [-0.39, 0.29) is 17.3 Å². The zero-order valence-corrected chi connectivity index (χ0v) is 27.7. The lowest BCUT2D eigenvalue weighted by molar-refractivity contribution is -0.114. The molecule has 0 aliphatic rings. The summed E-state index contributed by atoms with van der Waals surface area (Å²) in [6, 6.07) is 23.6. The number of hydrogen-bond donors (Lipinski definition) is 2. The summed E-state index contributed by atoms with van der Waals surface area (Å²) >= 11 is 6.60. The summed E-state index contributed by atoms with van der Waals surface area (Å²) in [7, 11) is 3.16. The molecule has 0 fully saturated rings. The van der Waals surface area contributed by atoms with Gasteiger partial charge in [-0.25, -0.2) is 0 Å². The Labute approximate surface area is 277 Å². The first kappa shape index (κ1) is 34.7. The van der Waals surface area contributed by atoms with E-state index in [4.69, 9.17) is 9.47 Å². The predicted molar refractivity (Wildman–Crippen MR) is 183 cm³/mol. The maximum Gasteiger partial charge on any atom is 0.221 e. The van der Waals surface area contributed by atoms with Gasteiger partial charge in [-0.3, -0.25) is 19.2 Å². The molecule has 0 saturated carbocycles. The molecule has 0 aromatic heterocycles. The number of carbonyl (C=O) groups excluding carboxylic acids is 3. The highest BCUT2D eigenvalue weighted by Crippen LogP contribution is 2.24. The zero-order valence-electron chi connectivity index (χ0n) is 24.5. The molecule has 1 amide bonds. The van der Waals surface area contributed by atoms with Crippen LogP contribution in [0.4, 0.5) is 5.69 Å². The van der Waals surface area contributed by atoms with E-state index in [1.807, 2.05) is 18.2 Å². The molecule has 2 N–H and O–H groups in total. The molecule has 4 aromatic carbocycles. The topological polar surface area (TPSA) is 119 Å². The molecule has 0 aliphatic carbocycles. The number of anilines is 1. The summed E-state index contributed by atoms with van der Waals surface area (Å²) in [5.41, 5.74) is 2.16. The van der Waals surface area contributed by atoms with Gasteiger partial charge in [-0.15, -0.1) is 0 Å². The lowest BCUT2D eigenvalue weighted by Gasteiger charge is -2.05. The molecular formula is C35H29Br2NO7. The number of ether oxygens (including phenoxy) is 2. The van der Waals surface area contributed by atoms with Crippen LogP contribution in [0.1, 0.15) is 38.8 Å². The first-order chi connectivity index (χ1) is 21.5. The van der Waals surface area contributed by atoms with Crippen molar-refractivity contribution in [2.75, 3.05) is 19.5 Å². The van der Waals surface area contributed by atoms with E-state index < -0.39 is 17.0 Å². The van der Waals surface area contributed by atoms with Crippen molar-refractivity contribution in [3.05, 3.63) is 139 Å². The predicted octanol–water partition coefficient (Wildman–Crippen LogP) is 7.73. The van der Waals surface area contributed by atoms with Gasteiger partial charge < -0.3 is 19.9 Å². The van der Waals surface area contributed by atoms with Crippen LogP contribution >= 0.6 is 31.9 Å². The molecule has 0 aliphatic heterocycles. The average Bonchev–Trinajstić information content (AvgIpc) is 3.16. The Kier molecular flexibility index (Phi) is 13.0. The summed E-state index contributed by atoms with van der Waals surface area (Å²) in [6.45, 7) is 1.44. The number of ketones is 2. The smallest absolute Gasteiger partial charge is 0.221 e. The molecule has 0 bridgehead atoms. The zero-order chi connectivity index (χ0) is 32.9. The van der Waals surface area contributed by atoms with E-state index in [9.17, 15) is 24.3 Å². The Hall–Kier alpha value is -4.80. The third kappa shape index (κ3) is 10.7. The second-order valence-electron chi connectivity index (χ2n) is 9.30. The SMILES string of the molecule is COc1ccc(/C=C/C(=O)c2cc(Br)ccc(=O)c2O)cc1.COc1ccc(Br)cc1/C=C/C(=O)c1ccc(NC(C)=O)cc1. The Morgan fingerprint density at radius 3 is 2.00 bits per heavy atom. The van der Waals surface area contributed by atoms with E-state index in [1.165, 1.54) is 37.3 Å². The number of hydrogen-bond acceptors (Lipinski definition) is 7. The summed E-state index contributed by atoms with van der Waals surface area (Å²) < 4.78 is 11.8. The largest absolute Gasteiger partial charge is 0.504 e. The molecule has 4 aromatic rings. The van der Waals surface area contributed by atoms with Crippen LogP contribution in [0.2, 0.25) is 0 Å². The lowest BCUT2D eigenvalue weighted by Crippen LogP contribution is -2.05. The van der Waals surface area contributed by atoms with Gasteiger partial charge in [-0.05, 0) is 96.6 Å². The van der Waals surface area contributed by atoms with E-state index in [0.717, 1.165) is 21.3 Å². The Bertz CT molecular complexity index is 1800. The molecule has 0 radical (unpaired) electrons. The molecule has 0 spiro atoms. The van der Waals surface area contributed by atoms with Crippen LogP contribution in [-0.4, -0.2) is 36.8 Å². The van der Waals surface area contributed by atoms with Crippen molar-refractivity contribution in [2.45, 2.75) is 6.92 Å². The van der Waals surface area contributed by atoms with E-state index in [2.05, 4.69) is 37.2 Å². The van der Waals surface area contributed by atoms with Crippen LogP contribution in [0.5, 0.6) is 17.2 Å². The average molecular weight is 735 g/mol. The second-order valence-corrected chi connectivity index (χ2v) is 11.1. The van der Waals surface area contributed by atoms with Crippen LogP contribution < -0.4 is 20.2 Å². The summed E-state index contributed by atoms with van der Waals surface area (Å²) in [4.78, 5) is 46.9. The highest BCUT2D eigenvalue weighted by atomic mass is 79.9. The number of amides is 1. The number of allylic oxidation sites excluding steroid dienone is 2. The van der Waals surface area contributed by atoms with Gasteiger partial charge >= 0.3 is 0 Å². The Morgan fingerprint density at radius 2 is 1.38 bits per heavy atom. The number of aromatic hydroxyl groups is 1. The van der Waals surface area contributed by atoms with Gasteiger partial charge in [-0.1, -0.05) is 50.1 Å². The number of carbonyl (C=O) groups is 3. The summed E-state index contributed by atoms with van der Waals surface area (Å²) in [5, 5.41) is 12.5. The third-order valence-electron chi connectivity index (χ3n) is 6.07. The van der Waals surface area contributed by atoms with Gasteiger partial charge in [0.2, 0.25) is 11.3 Å². The van der Waals surface area contributed by atoms with Crippen LogP contribution in [0.3, 0.4) is 0 Å². The summed E-state index contributed by atoms with van der Waals surface area (Å²) in [6.07, 6.45) is 6.13. The van der Waals surface area contributed by atoms with Crippen molar-refractivity contribution in [3.8, 4) is 17.2 Å². The fourth-order valence-corrected chi connectivity index (χ4v) is 4.54. The van der Waals surface area contributed by atoms with Crippen molar-refractivity contribution < 1.29 is 29.0 Å². The van der Waals surface area contributed by atoms with Crippen LogP contribution in [0.15, 0.2) is 111 Å². The Morgan fingerprint density at radius 1 is 0.756 bits per heavy atom. The molecule has 230 valence electrons. The first-order valence-corrected chi connectivity index (χ1v) is 14.9. The minimum atomic E-state index is -0.605. The van der Waals surface area contributed by atoms with Gasteiger partial charge in [0.15, 0.2) is 17.3 Å². The molecule has 10 heteroatoms. The highest BCUT2D eigenvalue weighted by molar-refractivity contribution is 9.10. The van der Waals surface area contributed by atoms with Crippen molar-refractivity contribution in [2.24, 2.45) is 0 Å². The Balaban J connectivity index is 0.000000246. The number of nitrogens with one attached hydrogen (secondary N) is 1. The number of rotatable bonds is 9. The van der Waals surface area contributed by atoms with Crippen molar-refractivity contribution in [1.29, 1.82) is 0 Å². The van der Waals surface area contributed by atoms with Gasteiger partial charge in [0.1, 0.15) is 11.5 Å². The number of methoxy groups -OCH3 is 2. The van der Waals surface area contributed by atoms with Crippen LogP contribution in [0, 0.1) is 0 Å². The molecule has 0 atom stereocenters. The van der Waals surface area contributed by atoms with Gasteiger partial charge in [-0.2, -0.15) is 0 Å². The highest BCUT2D eigenvalue weighted by Gasteiger charge is 2.11.